The fraction of sp³-hybridized carbons (Fsp3) is 0.200. The van der Waals surface area contributed by atoms with Gasteiger partial charge in [-0.25, -0.2) is 8.42 Å². The number of hydrogen-bond acceptors (Lipinski definition) is 5. The molecule has 31 heavy (non-hydrogen) atoms. The predicted octanol–water partition coefficient (Wildman–Crippen LogP) is 4.04. The van der Waals surface area contributed by atoms with E-state index in [-0.39, 0.29) is 21.5 Å². The van der Waals surface area contributed by atoms with Crippen molar-refractivity contribution >= 4 is 67.3 Å². The zero-order valence-electron chi connectivity index (χ0n) is 16.4. The number of amides is 1. The third-order valence-corrected chi connectivity index (χ3v) is 7.17. The molecule has 1 amide bonds. The first-order valence-corrected chi connectivity index (χ1v) is 11.7. The molecule has 0 unspecified atom stereocenters. The van der Waals surface area contributed by atoms with Gasteiger partial charge >= 0.3 is 0 Å². The molecule has 0 radical (unpaired) electrons. The minimum absolute atomic E-state index is 0.0340. The number of likely N-dealkylation sites (N-methyl/N-ethyl adjacent to an activating group) is 1. The molecule has 164 valence electrons. The van der Waals surface area contributed by atoms with Gasteiger partial charge in [-0.3, -0.25) is 9.78 Å². The van der Waals surface area contributed by atoms with Gasteiger partial charge in [0.2, 0.25) is 15.9 Å². The number of carbonyl (C=O) groups excluding carboxylic acids is 1. The highest BCUT2D eigenvalue weighted by atomic mass is 35.5. The number of rotatable bonds is 8. The molecule has 0 saturated heterocycles. The summed E-state index contributed by atoms with van der Waals surface area (Å²) in [4.78, 5) is 16.3. The van der Waals surface area contributed by atoms with Crippen LogP contribution in [0.1, 0.15) is 0 Å². The Kier molecular flexibility index (Phi) is 7.61. The Labute approximate surface area is 195 Å². The molecule has 0 atom stereocenters. The van der Waals surface area contributed by atoms with Gasteiger partial charge in [-0.1, -0.05) is 34.8 Å². The van der Waals surface area contributed by atoms with E-state index < -0.39 is 15.9 Å². The summed E-state index contributed by atoms with van der Waals surface area (Å²) < 4.78 is 26.3. The van der Waals surface area contributed by atoms with Gasteiger partial charge in [0.15, 0.2) is 0 Å². The number of aromatic nitrogens is 1. The minimum Gasteiger partial charge on any atom is -0.383 e. The van der Waals surface area contributed by atoms with Gasteiger partial charge in [0, 0.05) is 47.5 Å². The van der Waals surface area contributed by atoms with Crippen molar-refractivity contribution in [3.63, 3.8) is 0 Å². The Balaban J connectivity index is 1.54. The number of nitrogens with one attached hydrogen (secondary N) is 2. The number of nitrogens with zero attached hydrogens (tertiary/aromatic N) is 2. The molecule has 0 spiro atoms. The quantitative estimate of drug-likeness (QED) is 0.455. The van der Waals surface area contributed by atoms with E-state index in [0.29, 0.717) is 18.1 Å². The van der Waals surface area contributed by atoms with E-state index in [1.54, 1.807) is 18.3 Å². The summed E-state index contributed by atoms with van der Waals surface area (Å²) in [6.45, 7) is 0.369. The first kappa shape index (κ1) is 23.6. The molecular formula is C20H19Cl3N4O3S. The van der Waals surface area contributed by atoms with E-state index in [1.807, 2.05) is 12.1 Å². The molecule has 2 N–H and O–H groups in total. The summed E-state index contributed by atoms with van der Waals surface area (Å²) in [6.07, 6.45) is 1.67. The zero-order valence-corrected chi connectivity index (χ0v) is 19.5. The molecule has 0 saturated carbocycles. The van der Waals surface area contributed by atoms with Crippen LogP contribution in [-0.4, -0.2) is 50.3 Å². The van der Waals surface area contributed by atoms with Crippen LogP contribution in [0.25, 0.3) is 10.9 Å². The molecule has 0 aliphatic heterocycles. The SMILES string of the molecule is CN(CC(=O)NCCNc1ccnc2cc(Cl)ccc12)S(=O)(=O)c1cc(Cl)ccc1Cl. The standard InChI is InChI=1S/C20H19Cl3N4O3S/c1-27(31(29,30)19-11-14(22)3-5-16(19)23)12-20(28)26-9-8-25-17-6-7-24-18-10-13(21)2-4-15(17)18/h2-7,10-11H,8-9,12H2,1H3,(H,24,25)(H,26,28). The van der Waals surface area contributed by atoms with Gasteiger partial charge in [0.1, 0.15) is 4.90 Å². The lowest BCUT2D eigenvalue weighted by Crippen LogP contribution is -2.39. The number of pyridine rings is 1. The first-order chi connectivity index (χ1) is 14.7. The molecule has 11 heteroatoms. The van der Waals surface area contributed by atoms with Gasteiger partial charge in [-0.2, -0.15) is 4.31 Å². The molecule has 7 nitrogen and oxygen atoms in total. The van der Waals surface area contributed by atoms with Crippen LogP contribution in [0.5, 0.6) is 0 Å². The van der Waals surface area contributed by atoms with Crippen LogP contribution in [0.2, 0.25) is 15.1 Å². The van der Waals surface area contributed by atoms with Crippen molar-refractivity contribution in [2.24, 2.45) is 0 Å². The van der Waals surface area contributed by atoms with Crippen LogP contribution in [0, 0.1) is 0 Å². The lowest BCUT2D eigenvalue weighted by molar-refractivity contribution is -0.121. The van der Waals surface area contributed by atoms with Crippen LogP contribution in [0.4, 0.5) is 5.69 Å². The number of carbonyl (C=O) groups is 1. The number of anilines is 1. The van der Waals surface area contributed by atoms with E-state index in [9.17, 15) is 13.2 Å². The third kappa shape index (κ3) is 5.78. The lowest BCUT2D eigenvalue weighted by Gasteiger charge is -2.18. The van der Waals surface area contributed by atoms with Crippen LogP contribution in [0.3, 0.4) is 0 Å². The van der Waals surface area contributed by atoms with E-state index in [1.165, 1.54) is 25.2 Å². The highest BCUT2D eigenvalue weighted by Gasteiger charge is 2.25. The Morgan fingerprint density at radius 2 is 1.74 bits per heavy atom. The summed E-state index contributed by atoms with van der Waals surface area (Å²) >= 11 is 17.9. The Bertz CT molecular complexity index is 1220. The van der Waals surface area contributed by atoms with Crippen LogP contribution >= 0.6 is 34.8 Å². The Hall–Kier alpha value is -2.10. The van der Waals surface area contributed by atoms with E-state index >= 15 is 0 Å². The first-order valence-electron chi connectivity index (χ1n) is 9.15. The van der Waals surface area contributed by atoms with Gasteiger partial charge in [-0.15, -0.1) is 0 Å². The maximum atomic E-state index is 12.7. The average Bonchev–Trinajstić information content (AvgIpc) is 2.72. The highest BCUT2D eigenvalue weighted by molar-refractivity contribution is 7.89. The second-order valence-electron chi connectivity index (χ2n) is 6.63. The van der Waals surface area contributed by atoms with Gasteiger partial charge in [0.05, 0.1) is 17.1 Å². The van der Waals surface area contributed by atoms with Crippen molar-refractivity contribution < 1.29 is 13.2 Å². The molecule has 0 aliphatic carbocycles. The molecule has 0 aliphatic rings. The van der Waals surface area contributed by atoms with E-state index in [0.717, 1.165) is 20.9 Å². The number of fused-ring (bicyclic) bond motifs is 1. The molecule has 1 heterocycles. The van der Waals surface area contributed by atoms with E-state index in [2.05, 4.69) is 15.6 Å². The van der Waals surface area contributed by atoms with Crippen LogP contribution in [0.15, 0.2) is 53.6 Å². The summed E-state index contributed by atoms with van der Waals surface area (Å²) in [5.41, 5.74) is 1.61. The smallest absolute Gasteiger partial charge is 0.244 e. The Morgan fingerprint density at radius 1 is 1.03 bits per heavy atom. The third-order valence-electron chi connectivity index (χ3n) is 4.42. The Morgan fingerprint density at radius 3 is 2.52 bits per heavy atom. The molecule has 0 fully saturated rings. The topological polar surface area (TPSA) is 91.4 Å². The monoisotopic (exact) mass is 500 g/mol. The largest absolute Gasteiger partial charge is 0.383 e. The number of hydrogen-bond donors (Lipinski definition) is 2. The molecule has 1 aromatic heterocycles. The normalized spacial score (nSPS) is 11.6. The molecule has 0 bridgehead atoms. The highest BCUT2D eigenvalue weighted by Crippen LogP contribution is 2.27. The minimum atomic E-state index is -3.97. The van der Waals surface area contributed by atoms with E-state index in [4.69, 9.17) is 34.8 Å². The van der Waals surface area contributed by atoms with Crippen molar-refractivity contribution in [1.29, 1.82) is 0 Å². The van der Waals surface area contributed by atoms with Crippen LogP contribution in [-0.2, 0) is 14.8 Å². The summed E-state index contributed by atoms with van der Waals surface area (Å²) in [5.74, 6) is -0.447. The molecule has 2 aromatic carbocycles. The number of sulfonamides is 1. The predicted molar refractivity (Wildman–Crippen MR) is 125 cm³/mol. The summed E-state index contributed by atoms with van der Waals surface area (Å²) in [7, 11) is -2.66. The van der Waals surface area contributed by atoms with Gasteiger partial charge < -0.3 is 10.6 Å². The zero-order chi connectivity index (χ0) is 22.6. The second kappa shape index (κ2) is 10.0. The second-order valence-corrected chi connectivity index (χ2v) is 9.93. The van der Waals surface area contributed by atoms with Crippen molar-refractivity contribution in [3.05, 3.63) is 63.7 Å². The van der Waals surface area contributed by atoms with Crippen LogP contribution < -0.4 is 10.6 Å². The lowest BCUT2D eigenvalue weighted by atomic mass is 10.2. The van der Waals surface area contributed by atoms with Crippen molar-refractivity contribution in [2.75, 3.05) is 32.0 Å². The van der Waals surface area contributed by atoms with Gasteiger partial charge in [-0.05, 0) is 42.5 Å². The van der Waals surface area contributed by atoms with Crippen molar-refractivity contribution in [3.8, 4) is 0 Å². The number of benzene rings is 2. The summed E-state index contributed by atoms with van der Waals surface area (Å²) in [6, 6.07) is 11.4. The molecule has 3 aromatic rings. The molecule has 3 rings (SSSR count). The maximum Gasteiger partial charge on any atom is 0.244 e. The maximum absolute atomic E-state index is 12.7. The fourth-order valence-electron chi connectivity index (χ4n) is 2.86. The molecular weight excluding hydrogens is 483 g/mol. The average molecular weight is 502 g/mol. The number of halogens is 3. The summed E-state index contributed by atoms with van der Waals surface area (Å²) in [5, 5.41) is 7.68. The van der Waals surface area contributed by atoms with Crippen molar-refractivity contribution in [2.45, 2.75) is 4.90 Å². The van der Waals surface area contributed by atoms with Gasteiger partial charge in [0.25, 0.3) is 0 Å². The van der Waals surface area contributed by atoms with Crippen molar-refractivity contribution in [1.82, 2.24) is 14.6 Å². The fourth-order valence-corrected chi connectivity index (χ4v) is 4.89.